The highest BCUT2D eigenvalue weighted by Crippen LogP contribution is 2.27. The van der Waals surface area contributed by atoms with E-state index in [4.69, 9.17) is 9.47 Å². The number of hydrogen-bond donors (Lipinski definition) is 0. The van der Waals surface area contributed by atoms with Crippen molar-refractivity contribution in [3.8, 4) is 5.75 Å². The molecule has 0 saturated heterocycles. The van der Waals surface area contributed by atoms with Crippen LogP contribution in [0.3, 0.4) is 0 Å². The molecule has 0 aliphatic carbocycles. The summed E-state index contributed by atoms with van der Waals surface area (Å²) in [6.07, 6.45) is -0.744. The maximum Gasteiger partial charge on any atom is 0.352 e. The highest BCUT2D eigenvalue weighted by atomic mass is 16.6. The van der Waals surface area contributed by atoms with E-state index in [0.29, 0.717) is 12.4 Å². The fraction of sp³-hybridized carbons (Fsp3) is 0.278. The third-order valence-corrected chi connectivity index (χ3v) is 3.40. The molecule has 0 heterocycles. The summed E-state index contributed by atoms with van der Waals surface area (Å²) in [6, 6.07) is 15.2. The van der Waals surface area contributed by atoms with E-state index in [1.165, 1.54) is 0 Å². The Morgan fingerprint density at radius 3 is 2.43 bits per heavy atom. The lowest BCUT2D eigenvalue weighted by Crippen LogP contribution is -2.21. The minimum Gasteiger partial charge on any atom is -0.474 e. The summed E-state index contributed by atoms with van der Waals surface area (Å²) in [5.74, 6) is 0.335. The van der Waals surface area contributed by atoms with Crippen molar-refractivity contribution in [2.75, 3.05) is 6.61 Å². The third kappa shape index (κ3) is 3.63. The molecule has 0 aliphatic rings. The van der Waals surface area contributed by atoms with E-state index >= 15 is 0 Å². The number of benzene rings is 2. The molecule has 1 atom stereocenters. The van der Waals surface area contributed by atoms with Gasteiger partial charge in [0.1, 0.15) is 5.75 Å². The van der Waals surface area contributed by atoms with Gasteiger partial charge >= 0.3 is 5.97 Å². The van der Waals surface area contributed by atoms with Gasteiger partial charge in [-0.1, -0.05) is 42.5 Å². The smallest absolute Gasteiger partial charge is 0.352 e. The topological polar surface area (TPSA) is 35.5 Å². The maximum absolute atomic E-state index is 12.2. The molecule has 110 valence electrons. The lowest BCUT2D eigenvalue weighted by Gasteiger charge is -2.19. The Morgan fingerprint density at radius 2 is 1.76 bits per heavy atom. The Hall–Kier alpha value is -2.29. The minimum absolute atomic E-state index is 0.332. The minimum atomic E-state index is -0.744. The van der Waals surface area contributed by atoms with Crippen LogP contribution in [0.15, 0.2) is 48.5 Å². The molecule has 0 radical (unpaired) electrons. The number of esters is 1. The first-order chi connectivity index (χ1) is 10.1. The molecule has 3 nitrogen and oxygen atoms in total. The van der Waals surface area contributed by atoms with Crippen LogP contribution in [0.4, 0.5) is 0 Å². The van der Waals surface area contributed by atoms with Crippen LogP contribution in [-0.4, -0.2) is 12.6 Å². The predicted molar refractivity (Wildman–Crippen MR) is 82.4 cm³/mol. The average Bonchev–Trinajstić information content (AvgIpc) is 2.50. The summed E-state index contributed by atoms with van der Waals surface area (Å²) in [4.78, 5) is 12.2. The molecule has 21 heavy (non-hydrogen) atoms. The van der Waals surface area contributed by atoms with E-state index in [0.717, 1.165) is 16.7 Å². The molecule has 2 aromatic carbocycles. The van der Waals surface area contributed by atoms with Gasteiger partial charge in [0.05, 0.1) is 6.61 Å². The molecular weight excluding hydrogens is 264 g/mol. The van der Waals surface area contributed by atoms with Crippen molar-refractivity contribution in [3.63, 3.8) is 0 Å². The monoisotopic (exact) mass is 284 g/mol. The fourth-order valence-corrected chi connectivity index (χ4v) is 2.08. The van der Waals surface area contributed by atoms with Crippen molar-refractivity contribution in [2.45, 2.75) is 26.9 Å². The van der Waals surface area contributed by atoms with Crippen LogP contribution < -0.4 is 4.74 Å². The van der Waals surface area contributed by atoms with Gasteiger partial charge in [-0.05, 0) is 38.0 Å². The summed E-state index contributed by atoms with van der Waals surface area (Å²) in [5.41, 5.74) is 2.95. The van der Waals surface area contributed by atoms with E-state index in [9.17, 15) is 4.79 Å². The zero-order valence-electron chi connectivity index (χ0n) is 12.6. The Labute approximate surface area is 125 Å². The van der Waals surface area contributed by atoms with Crippen molar-refractivity contribution in [2.24, 2.45) is 0 Å². The number of ether oxygens (including phenoxy) is 2. The zero-order chi connectivity index (χ0) is 15.2. The van der Waals surface area contributed by atoms with Crippen molar-refractivity contribution >= 4 is 5.97 Å². The van der Waals surface area contributed by atoms with Crippen LogP contribution in [0.5, 0.6) is 5.75 Å². The molecule has 0 fully saturated rings. The van der Waals surface area contributed by atoms with E-state index in [-0.39, 0.29) is 5.97 Å². The van der Waals surface area contributed by atoms with Gasteiger partial charge in [0, 0.05) is 5.56 Å². The van der Waals surface area contributed by atoms with E-state index in [1.54, 1.807) is 6.92 Å². The molecule has 0 unspecified atom stereocenters. The van der Waals surface area contributed by atoms with Gasteiger partial charge < -0.3 is 9.47 Å². The zero-order valence-corrected chi connectivity index (χ0v) is 12.6. The summed E-state index contributed by atoms with van der Waals surface area (Å²) >= 11 is 0. The van der Waals surface area contributed by atoms with Gasteiger partial charge in [-0.3, -0.25) is 0 Å². The lowest BCUT2D eigenvalue weighted by atomic mass is 10.1. The standard InChI is InChI=1S/C18H20O3/c1-4-20-18(19)17(15-10-6-5-7-11-15)21-16-12-8-9-13(2)14(16)3/h5-12,17H,4H2,1-3H3/t17-/m1/s1. The number of carbonyl (C=O) groups excluding carboxylic acids is 1. The highest BCUT2D eigenvalue weighted by molar-refractivity contribution is 5.77. The van der Waals surface area contributed by atoms with E-state index in [2.05, 4.69) is 0 Å². The summed E-state index contributed by atoms with van der Waals surface area (Å²) < 4.78 is 11.1. The van der Waals surface area contributed by atoms with Crippen LogP contribution in [0.25, 0.3) is 0 Å². The van der Waals surface area contributed by atoms with Crippen LogP contribution >= 0.6 is 0 Å². The van der Waals surface area contributed by atoms with E-state index in [1.807, 2.05) is 62.4 Å². The fourth-order valence-electron chi connectivity index (χ4n) is 2.08. The number of rotatable bonds is 5. The Balaban J connectivity index is 2.32. The second-order valence-corrected chi connectivity index (χ2v) is 4.86. The third-order valence-electron chi connectivity index (χ3n) is 3.40. The number of aryl methyl sites for hydroxylation is 1. The molecule has 0 aliphatic heterocycles. The predicted octanol–water partition coefficient (Wildman–Crippen LogP) is 3.99. The van der Waals surface area contributed by atoms with Crippen LogP contribution in [-0.2, 0) is 9.53 Å². The molecule has 0 amide bonds. The molecule has 3 heteroatoms. The van der Waals surface area contributed by atoms with Crippen molar-refractivity contribution in [1.82, 2.24) is 0 Å². The largest absolute Gasteiger partial charge is 0.474 e. The SMILES string of the molecule is CCOC(=O)[C@H](Oc1cccc(C)c1C)c1ccccc1. The highest BCUT2D eigenvalue weighted by Gasteiger charge is 2.24. The first-order valence-corrected chi connectivity index (χ1v) is 7.08. The maximum atomic E-state index is 12.2. The van der Waals surface area contributed by atoms with Gasteiger partial charge in [0.2, 0.25) is 6.10 Å². The quantitative estimate of drug-likeness (QED) is 0.779. The molecule has 0 spiro atoms. The average molecular weight is 284 g/mol. The van der Waals surface area contributed by atoms with Gasteiger partial charge in [0.25, 0.3) is 0 Å². The van der Waals surface area contributed by atoms with Gasteiger partial charge in [-0.15, -0.1) is 0 Å². The Morgan fingerprint density at radius 1 is 1.05 bits per heavy atom. The second kappa shape index (κ2) is 6.93. The Bertz CT molecular complexity index is 605. The number of carbonyl (C=O) groups is 1. The number of hydrogen-bond acceptors (Lipinski definition) is 3. The summed E-state index contributed by atoms with van der Waals surface area (Å²) in [6.45, 7) is 6.12. The molecular formula is C18H20O3. The normalized spacial score (nSPS) is 11.8. The van der Waals surface area contributed by atoms with Crippen molar-refractivity contribution in [3.05, 3.63) is 65.2 Å². The molecule has 0 N–H and O–H groups in total. The van der Waals surface area contributed by atoms with Crippen LogP contribution in [0.1, 0.15) is 29.7 Å². The molecule has 2 aromatic rings. The molecule has 0 aromatic heterocycles. The lowest BCUT2D eigenvalue weighted by molar-refractivity contribution is -0.151. The van der Waals surface area contributed by atoms with Crippen LogP contribution in [0, 0.1) is 13.8 Å². The first-order valence-electron chi connectivity index (χ1n) is 7.08. The van der Waals surface area contributed by atoms with Crippen LogP contribution in [0.2, 0.25) is 0 Å². The van der Waals surface area contributed by atoms with Crippen molar-refractivity contribution in [1.29, 1.82) is 0 Å². The second-order valence-electron chi connectivity index (χ2n) is 4.86. The van der Waals surface area contributed by atoms with Gasteiger partial charge in [-0.2, -0.15) is 0 Å². The summed E-state index contributed by atoms with van der Waals surface area (Å²) in [7, 11) is 0. The summed E-state index contributed by atoms with van der Waals surface area (Å²) in [5, 5.41) is 0. The van der Waals surface area contributed by atoms with Crippen molar-refractivity contribution < 1.29 is 14.3 Å². The molecule has 0 bridgehead atoms. The molecule has 0 saturated carbocycles. The Kier molecular flexibility index (Phi) is 4.99. The molecule has 2 rings (SSSR count). The van der Waals surface area contributed by atoms with E-state index < -0.39 is 6.10 Å². The van der Waals surface area contributed by atoms with Gasteiger partial charge in [0.15, 0.2) is 0 Å². The van der Waals surface area contributed by atoms with Gasteiger partial charge in [-0.25, -0.2) is 4.79 Å². The first kappa shape index (κ1) is 15.1.